The van der Waals surface area contributed by atoms with Crippen LogP contribution >= 0.6 is 0 Å². The van der Waals surface area contributed by atoms with E-state index in [1.807, 2.05) is 6.92 Å². The van der Waals surface area contributed by atoms with Gasteiger partial charge in [0.1, 0.15) is 6.10 Å². The molecule has 2 atom stereocenters. The predicted octanol–water partition coefficient (Wildman–Crippen LogP) is 0.160. The summed E-state index contributed by atoms with van der Waals surface area (Å²) >= 11 is 0. The lowest BCUT2D eigenvalue weighted by atomic mass is 10.1. The van der Waals surface area contributed by atoms with E-state index in [1.54, 1.807) is 6.92 Å². The van der Waals surface area contributed by atoms with Crippen LogP contribution in [-0.4, -0.2) is 23.4 Å². The quantitative estimate of drug-likeness (QED) is 0.401. The zero-order valence-corrected chi connectivity index (χ0v) is 5.64. The van der Waals surface area contributed by atoms with Crippen molar-refractivity contribution in [2.24, 2.45) is 0 Å². The Balaban J connectivity index is 2.49. The lowest BCUT2D eigenvalue weighted by Crippen LogP contribution is -2.08. The summed E-state index contributed by atoms with van der Waals surface area (Å²) in [6.45, 7) is 3.72. The van der Waals surface area contributed by atoms with Crippen LogP contribution in [0.25, 0.3) is 0 Å². The molecule has 0 bridgehead atoms. The number of hydrogen-bond acceptors (Lipinski definition) is 2. The van der Waals surface area contributed by atoms with Gasteiger partial charge in [0.2, 0.25) is 0 Å². The molecule has 0 aromatic carbocycles. The van der Waals surface area contributed by atoms with Gasteiger partial charge in [0, 0.05) is 0 Å². The van der Waals surface area contributed by atoms with Crippen LogP contribution in [-0.2, 0) is 4.74 Å². The molecule has 0 amide bonds. The summed E-state index contributed by atoms with van der Waals surface area (Å²) in [5, 5.41) is 8.58. The van der Waals surface area contributed by atoms with Crippen molar-refractivity contribution in [2.45, 2.75) is 25.6 Å². The van der Waals surface area contributed by atoms with Crippen molar-refractivity contribution in [2.75, 3.05) is 6.61 Å². The minimum Gasteiger partial charge on any atom is -0.394 e. The van der Waals surface area contributed by atoms with Crippen LogP contribution in [0.4, 0.5) is 0 Å². The van der Waals surface area contributed by atoms with Gasteiger partial charge in [0.15, 0.2) is 5.60 Å². The second-order valence-corrected chi connectivity index (χ2v) is 2.27. The van der Waals surface area contributed by atoms with Gasteiger partial charge in [-0.3, -0.25) is 0 Å². The molecule has 1 heterocycles. The van der Waals surface area contributed by atoms with Crippen LogP contribution < -0.4 is 0 Å². The third-order valence-corrected chi connectivity index (χ3v) is 1.48. The van der Waals surface area contributed by atoms with Crippen LogP contribution in [0.1, 0.15) is 13.8 Å². The average Bonchev–Trinajstić information content (AvgIpc) is 2.43. The predicted molar refractivity (Wildman–Crippen MR) is 33.8 cm³/mol. The lowest BCUT2D eigenvalue weighted by Gasteiger charge is -1.88. The van der Waals surface area contributed by atoms with Gasteiger partial charge in [-0.15, -0.1) is 5.92 Å². The molecule has 0 unspecified atom stereocenters. The van der Waals surface area contributed by atoms with Crippen molar-refractivity contribution in [3.05, 3.63) is 0 Å². The summed E-state index contributed by atoms with van der Waals surface area (Å²) in [4.78, 5) is 0. The van der Waals surface area contributed by atoms with Crippen molar-refractivity contribution in [3.8, 4) is 11.8 Å². The number of aliphatic hydroxyl groups excluding tert-OH is 1. The number of aliphatic hydroxyl groups is 1. The lowest BCUT2D eigenvalue weighted by molar-refractivity contribution is 0.240. The number of ether oxygens (including phenoxy) is 1. The molecule has 0 aliphatic carbocycles. The van der Waals surface area contributed by atoms with Gasteiger partial charge in [-0.25, -0.2) is 0 Å². The molecule has 0 aromatic heterocycles. The molecule has 1 N–H and O–H groups in total. The Hall–Kier alpha value is -0.520. The molecule has 0 saturated carbocycles. The van der Waals surface area contributed by atoms with Gasteiger partial charge in [0.05, 0.1) is 6.61 Å². The third kappa shape index (κ3) is 1.07. The molecule has 1 aliphatic heterocycles. The fourth-order valence-electron chi connectivity index (χ4n) is 0.831. The van der Waals surface area contributed by atoms with E-state index in [0.29, 0.717) is 0 Å². The molecule has 1 rings (SSSR count). The van der Waals surface area contributed by atoms with Gasteiger partial charge >= 0.3 is 0 Å². The molecule has 2 heteroatoms. The highest BCUT2D eigenvalue weighted by molar-refractivity contribution is 5.22. The van der Waals surface area contributed by atoms with E-state index in [9.17, 15) is 0 Å². The van der Waals surface area contributed by atoms with Crippen molar-refractivity contribution >= 4 is 0 Å². The van der Waals surface area contributed by atoms with Crippen molar-refractivity contribution < 1.29 is 9.84 Å². The summed E-state index contributed by atoms with van der Waals surface area (Å²) in [6.07, 6.45) is -0.0510. The summed E-state index contributed by atoms with van der Waals surface area (Å²) < 4.78 is 5.07. The van der Waals surface area contributed by atoms with E-state index in [2.05, 4.69) is 11.8 Å². The maximum Gasteiger partial charge on any atom is 0.154 e. The van der Waals surface area contributed by atoms with Crippen LogP contribution in [0, 0.1) is 11.8 Å². The minimum absolute atomic E-state index is 0.0510. The molecular formula is C7H10O2. The highest BCUT2D eigenvalue weighted by Gasteiger charge is 2.50. The number of epoxide rings is 1. The first kappa shape index (κ1) is 6.60. The Bertz CT molecular complexity index is 165. The Morgan fingerprint density at radius 1 is 1.78 bits per heavy atom. The van der Waals surface area contributed by atoms with E-state index in [0.717, 1.165) is 0 Å². The molecule has 0 aromatic rings. The highest BCUT2D eigenvalue weighted by atomic mass is 16.6. The summed E-state index contributed by atoms with van der Waals surface area (Å²) in [5.74, 6) is 5.61. The normalized spacial score (nSPS) is 39.2. The maximum atomic E-state index is 8.58. The first-order valence-electron chi connectivity index (χ1n) is 2.95. The molecule has 0 spiro atoms. The van der Waals surface area contributed by atoms with Crippen LogP contribution in [0.3, 0.4) is 0 Å². The maximum absolute atomic E-state index is 8.58. The topological polar surface area (TPSA) is 32.8 Å². The van der Waals surface area contributed by atoms with E-state index in [4.69, 9.17) is 9.84 Å². The van der Waals surface area contributed by atoms with Crippen molar-refractivity contribution in [1.82, 2.24) is 0 Å². The van der Waals surface area contributed by atoms with E-state index < -0.39 is 0 Å². The molecule has 9 heavy (non-hydrogen) atoms. The summed E-state index contributed by atoms with van der Waals surface area (Å²) in [7, 11) is 0. The first-order chi connectivity index (χ1) is 4.23. The smallest absolute Gasteiger partial charge is 0.154 e. The van der Waals surface area contributed by atoms with Crippen LogP contribution in [0.15, 0.2) is 0 Å². The van der Waals surface area contributed by atoms with Crippen molar-refractivity contribution in [1.29, 1.82) is 0 Å². The SMILES string of the molecule is CC#C[C@@]1(C)O[C@@H]1CO. The Labute approximate surface area is 54.8 Å². The fraction of sp³-hybridized carbons (Fsp3) is 0.714. The zero-order chi connectivity index (χ0) is 6.91. The van der Waals surface area contributed by atoms with E-state index in [1.165, 1.54) is 0 Å². The first-order valence-corrected chi connectivity index (χ1v) is 2.95. The van der Waals surface area contributed by atoms with Gasteiger partial charge in [-0.1, -0.05) is 5.92 Å². The second kappa shape index (κ2) is 2.02. The van der Waals surface area contributed by atoms with E-state index in [-0.39, 0.29) is 18.3 Å². The number of hydrogen-bond donors (Lipinski definition) is 1. The molecule has 2 nitrogen and oxygen atoms in total. The van der Waals surface area contributed by atoms with Crippen LogP contribution in [0.2, 0.25) is 0 Å². The highest BCUT2D eigenvalue weighted by Crippen LogP contribution is 2.34. The van der Waals surface area contributed by atoms with Gasteiger partial charge in [0.25, 0.3) is 0 Å². The molecule has 1 aliphatic rings. The van der Waals surface area contributed by atoms with Gasteiger partial charge in [-0.05, 0) is 13.8 Å². The Morgan fingerprint density at radius 2 is 2.44 bits per heavy atom. The summed E-state index contributed by atoms with van der Waals surface area (Å²) in [6, 6.07) is 0. The van der Waals surface area contributed by atoms with Gasteiger partial charge < -0.3 is 9.84 Å². The van der Waals surface area contributed by atoms with E-state index >= 15 is 0 Å². The standard InChI is InChI=1S/C7H10O2/c1-3-4-7(2)6(5-8)9-7/h6,8H,5H2,1-2H3/t6-,7-/m1/s1. The molecule has 1 saturated heterocycles. The number of rotatable bonds is 1. The molecule has 1 fully saturated rings. The summed E-state index contributed by atoms with van der Waals surface area (Å²) in [5.41, 5.74) is -0.344. The Morgan fingerprint density at radius 3 is 2.78 bits per heavy atom. The fourth-order valence-corrected chi connectivity index (χ4v) is 0.831. The average molecular weight is 126 g/mol. The third-order valence-electron chi connectivity index (χ3n) is 1.48. The van der Waals surface area contributed by atoms with Crippen molar-refractivity contribution in [3.63, 3.8) is 0 Å². The van der Waals surface area contributed by atoms with Gasteiger partial charge in [-0.2, -0.15) is 0 Å². The molecule has 50 valence electrons. The zero-order valence-electron chi connectivity index (χ0n) is 5.64. The molecular weight excluding hydrogens is 116 g/mol. The largest absolute Gasteiger partial charge is 0.394 e. The Kier molecular flexibility index (Phi) is 1.48. The minimum atomic E-state index is -0.344. The monoisotopic (exact) mass is 126 g/mol. The molecule has 0 radical (unpaired) electrons. The van der Waals surface area contributed by atoms with Crippen LogP contribution in [0.5, 0.6) is 0 Å². The second-order valence-electron chi connectivity index (χ2n) is 2.27.